The van der Waals surface area contributed by atoms with Crippen LogP contribution in [0.15, 0.2) is 18.2 Å². The first-order valence-electron chi connectivity index (χ1n) is 10.7. The van der Waals surface area contributed by atoms with Gasteiger partial charge in [0.2, 0.25) is 6.79 Å². The molecule has 2 bridgehead atoms. The first-order valence-corrected chi connectivity index (χ1v) is 10.7. The van der Waals surface area contributed by atoms with Crippen LogP contribution in [0.4, 0.5) is 0 Å². The number of amides is 1. The smallest absolute Gasteiger partial charge is 0.313 e. The molecule has 1 aliphatic carbocycles. The van der Waals surface area contributed by atoms with Gasteiger partial charge in [-0.1, -0.05) is 19.9 Å². The van der Waals surface area contributed by atoms with E-state index in [1.807, 2.05) is 31.7 Å². The van der Waals surface area contributed by atoms with Crippen molar-refractivity contribution in [3.8, 4) is 11.5 Å². The van der Waals surface area contributed by atoms with Gasteiger partial charge in [0.05, 0.1) is 5.41 Å². The number of ether oxygens (including phenoxy) is 3. The molecule has 0 aromatic heterocycles. The third-order valence-corrected chi connectivity index (χ3v) is 8.29. The Morgan fingerprint density at radius 1 is 1.10 bits per heavy atom. The molecule has 5 rings (SSSR count). The van der Waals surface area contributed by atoms with Crippen LogP contribution in [-0.4, -0.2) is 42.3 Å². The minimum absolute atomic E-state index is 0.0126. The number of rotatable bonds is 3. The maximum Gasteiger partial charge on any atom is 0.313 e. The van der Waals surface area contributed by atoms with Crippen LogP contribution in [0.1, 0.15) is 52.0 Å². The van der Waals surface area contributed by atoms with Crippen LogP contribution in [0.3, 0.4) is 0 Å². The van der Waals surface area contributed by atoms with E-state index in [0.29, 0.717) is 19.1 Å². The first-order chi connectivity index (χ1) is 13.8. The highest BCUT2D eigenvalue weighted by Crippen LogP contribution is 2.66. The topological polar surface area (TPSA) is 65.1 Å². The van der Waals surface area contributed by atoms with Crippen molar-refractivity contribution in [3.63, 3.8) is 0 Å². The predicted molar refractivity (Wildman–Crippen MR) is 106 cm³/mol. The molecular formula is C23H29NO5. The highest BCUT2D eigenvalue weighted by atomic mass is 16.7. The molecule has 1 aromatic carbocycles. The van der Waals surface area contributed by atoms with Gasteiger partial charge in [-0.15, -0.1) is 0 Å². The van der Waals surface area contributed by atoms with Crippen LogP contribution in [-0.2, 0) is 20.7 Å². The number of carbonyl (C=O) groups excluding carboxylic acids is 2. The molecule has 156 valence electrons. The summed E-state index contributed by atoms with van der Waals surface area (Å²) in [6.07, 6.45) is 4.26. The molecule has 3 heterocycles. The summed E-state index contributed by atoms with van der Waals surface area (Å²) in [6.45, 7) is 7.74. The zero-order valence-electron chi connectivity index (χ0n) is 17.5. The number of carbonyl (C=O) groups is 2. The lowest BCUT2D eigenvalue weighted by Gasteiger charge is -2.41. The third kappa shape index (κ3) is 2.47. The summed E-state index contributed by atoms with van der Waals surface area (Å²) < 4.78 is 16.7. The van der Waals surface area contributed by atoms with Gasteiger partial charge in [0.1, 0.15) is 0 Å². The standard InChI is InChI=1S/C23H29NO5/c1-21(2)22(3)8-9-23(21,29-20(22)26)19(25)24-10-6-15(7-11-24)12-16-4-5-17-18(13-16)28-14-27-17/h4-5,13,15H,6-12,14H2,1-3H3/t22-,23-/m0/s1. The van der Waals surface area contributed by atoms with E-state index in [1.165, 1.54) is 5.56 Å². The minimum atomic E-state index is -0.983. The fraction of sp³-hybridized carbons (Fsp3) is 0.652. The number of fused-ring (bicyclic) bond motifs is 3. The van der Waals surface area contributed by atoms with E-state index in [2.05, 4.69) is 12.1 Å². The van der Waals surface area contributed by atoms with Gasteiger partial charge in [0.15, 0.2) is 17.1 Å². The van der Waals surface area contributed by atoms with Crippen molar-refractivity contribution in [2.75, 3.05) is 19.9 Å². The summed E-state index contributed by atoms with van der Waals surface area (Å²) in [5, 5.41) is 0. The maximum absolute atomic E-state index is 13.5. The molecule has 0 unspecified atom stereocenters. The van der Waals surface area contributed by atoms with Crippen LogP contribution in [0.25, 0.3) is 0 Å². The Labute approximate surface area is 171 Å². The Bertz CT molecular complexity index is 872. The SMILES string of the molecule is CC1(C)[C@@]2(C)CC[C@@]1(C(=O)N1CCC(Cc3ccc4c(c3)OCO4)CC1)OC2=O. The monoisotopic (exact) mass is 399 g/mol. The van der Waals surface area contributed by atoms with Crippen molar-refractivity contribution in [1.29, 1.82) is 0 Å². The fourth-order valence-electron chi connectivity index (χ4n) is 5.72. The molecular weight excluding hydrogens is 370 g/mol. The van der Waals surface area contributed by atoms with E-state index in [9.17, 15) is 9.59 Å². The highest BCUT2D eigenvalue weighted by Gasteiger charge is 2.76. The van der Waals surface area contributed by atoms with Gasteiger partial charge in [0, 0.05) is 18.5 Å². The Morgan fingerprint density at radius 2 is 1.83 bits per heavy atom. The van der Waals surface area contributed by atoms with Gasteiger partial charge in [0.25, 0.3) is 5.91 Å². The third-order valence-electron chi connectivity index (χ3n) is 8.29. The molecule has 6 heteroatoms. The second-order valence-electron chi connectivity index (χ2n) is 9.80. The lowest BCUT2D eigenvalue weighted by Crippen LogP contribution is -2.56. The zero-order valence-corrected chi connectivity index (χ0v) is 17.5. The van der Waals surface area contributed by atoms with Crippen molar-refractivity contribution in [2.24, 2.45) is 16.7 Å². The van der Waals surface area contributed by atoms with Crippen molar-refractivity contribution >= 4 is 11.9 Å². The average Bonchev–Trinajstić information content (AvgIpc) is 3.29. The molecule has 2 saturated heterocycles. The van der Waals surface area contributed by atoms with E-state index in [-0.39, 0.29) is 11.9 Å². The van der Waals surface area contributed by atoms with E-state index < -0.39 is 16.4 Å². The first kappa shape index (κ1) is 18.8. The number of piperidine rings is 1. The van der Waals surface area contributed by atoms with Crippen LogP contribution in [0, 0.1) is 16.7 Å². The molecule has 0 spiro atoms. The van der Waals surface area contributed by atoms with Gasteiger partial charge in [-0.05, 0) is 62.6 Å². The summed E-state index contributed by atoms with van der Waals surface area (Å²) in [6, 6.07) is 6.14. The van der Waals surface area contributed by atoms with E-state index in [4.69, 9.17) is 14.2 Å². The van der Waals surface area contributed by atoms with Crippen molar-refractivity contribution < 1.29 is 23.8 Å². The zero-order chi connectivity index (χ0) is 20.4. The number of likely N-dealkylation sites (tertiary alicyclic amines) is 1. The number of benzene rings is 1. The lowest BCUT2D eigenvalue weighted by molar-refractivity contribution is -0.174. The van der Waals surface area contributed by atoms with Crippen LogP contribution < -0.4 is 9.47 Å². The van der Waals surface area contributed by atoms with Crippen LogP contribution >= 0.6 is 0 Å². The second kappa shape index (κ2) is 6.13. The Hall–Kier alpha value is -2.24. The van der Waals surface area contributed by atoms with E-state index in [1.54, 1.807) is 0 Å². The predicted octanol–water partition coefficient (Wildman–Crippen LogP) is 3.32. The fourth-order valence-corrected chi connectivity index (χ4v) is 5.72. The van der Waals surface area contributed by atoms with Crippen molar-refractivity contribution in [3.05, 3.63) is 23.8 Å². The molecule has 29 heavy (non-hydrogen) atoms. The summed E-state index contributed by atoms with van der Waals surface area (Å²) >= 11 is 0. The Balaban J connectivity index is 1.24. The highest BCUT2D eigenvalue weighted by molar-refractivity contribution is 5.96. The molecule has 1 saturated carbocycles. The van der Waals surface area contributed by atoms with Gasteiger partial charge in [-0.2, -0.15) is 0 Å². The molecule has 0 N–H and O–H groups in total. The summed E-state index contributed by atoms with van der Waals surface area (Å²) in [4.78, 5) is 27.9. The molecule has 1 amide bonds. The van der Waals surface area contributed by atoms with Crippen molar-refractivity contribution in [2.45, 2.75) is 58.5 Å². The summed E-state index contributed by atoms with van der Waals surface area (Å²) in [7, 11) is 0. The number of nitrogens with zero attached hydrogens (tertiary/aromatic N) is 1. The summed E-state index contributed by atoms with van der Waals surface area (Å²) in [5.74, 6) is 1.97. The van der Waals surface area contributed by atoms with Crippen LogP contribution in [0.2, 0.25) is 0 Å². The minimum Gasteiger partial charge on any atom is -0.454 e. The van der Waals surface area contributed by atoms with Gasteiger partial charge in [-0.25, -0.2) is 0 Å². The van der Waals surface area contributed by atoms with E-state index >= 15 is 0 Å². The molecule has 0 radical (unpaired) electrons. The second-order valence-corrected chi connectivity index (χ2v) is 9.80. The lowest BCUT2D eigenvalue weighted by atomic mass is 9.66. The molecule has 2 atom stereocenters. The van der Waals surface area contributed by atoms with Gasteiger partial charge < -0.3 is 19.1 Å². The molecule has 3 aliphatic heterocycles. The Kier molecular flexibility index (Phi) is 3.97. The van der Waals surface area contributed by atoms with Crippen molar-refractivity contribution in [1.82, 2.24) is 4.90 Å². The quantitative estimate of drug-likeness (QED) is 0.730. The normalized spacial score (nSPS) is 32.5. The largest absolute Gasteiger partial charge is 0.454 e. The average molecular weight is 399 g/mol. The van der Waals surface area contributed by atoms with Crippen LogP contribution in [0.5, 0.6) is 11.5 Å². The molecule has 6 nitrogen and oxygen atoms in total. The molecule has 4 aliphatic rings. The number of esters is 1. The molecule has 3 fully saturated rings. The summed E-state index contributed by atoms with van der Waals surface area (Å²) in [5.41, 5.74) is -0.768. The number of hydrogen-bond donors (Lipinski definition) is 0. The number of hydrogen-bond acceptors (Lipinski definition) is 5. The van der Waals surface area contributed by atoms with Gasteiger partial charge in [-0.3, -0.25) is 9.59 Å². The maximum atomic E-state index is 13.5. The molecule has 1 aromatic rings. The van der Waals surface area contributed by atoms with Gasteiger partial charge >= 0.3 is 5.97 Å². The van der Waals surface area contributed by atoms with E-state index in [0.717, 1.165) is 50.3 Å². The Morgan fingerprint density at radius 3 is 2.48 bits per heavy atom.